The van der Waals surface area contributed by atoms with E-state index in [2.05, 4.69) is 10.3 Å². The SMILES string of the molecule is Cc1cc(C(C)O)cnc1Nc1ccccc1. The first-order valence-electron chi connectivity index (χ1n) is 5.63. The number of pyridine rings is 1. The minimum absolute atomic E-state index is 0.480. The normalized spacial score (nSPS) is 12.2. The van der Waals surface area contributed by atoms with Crippen molar-refractivity contribution in [3.05, 3.63) is 53.7 Å². The molecule has 3 heteroatoms. The summed E-state index contributed by atoms with van der Waals surface area (Å²) in [6, 6.07) is 11.8. The molecule has 0 aliphatic heterocycles. The molecule has 0 bridgehead atoms. The van der Waals surface area contributed by atoms with E-state index in [1.807, 2.05) is 43.3 Å². The summed E-state index contributed by atoms with van der Waals surface area (Å²) in [6.45, 7) is 3.71. The number of hydrogen-bond donors (Lipinski definition) is 2. The highest BCUT2D eigenvalue weighted by Crippen LogP contribution is 2.21. The van der Waals surface area contributed by atoms with Gasteiger partial charge in [0, 0.05) is 11.9 Å². The summed E-state index contributed by atoms with van der Waals surface area (Å²) < 4.78 is 0. The van der Waals surface area contributed by atoms with Gasteiger partial charge in [-0.05, 0) is 43.2 Å². The highest BCUT2D eigenvalue weighted by atomic mass is 16.3. The van der Waals surface area contributed by atoms with Crippen molar-refractivity contribution < 1.29 is 5.11 Å². The van der Waals surface area contributed by atoms with Crippen LogP contribution in [0.25, 0.3) is 0 Å². The summed E-state index contributed by atoms with van der Waals surface area (Å²) in [5.41, 5.74) is 2.86. The Morgan fingerprint density at radius 2 is 1.94 bits per heavy atom. The van der Waals surface area contributed by atoms with Crippen LogP contribution in [0.1, 0.15) is 24.2 Å². The third-order valence-electron chi connectivity index (χ3n) is 2.62. The van der Waals surface area contributed by atoms with Gasteiger partial charge in [0.15, 0.2) is 0 Å². The number of benzene rings is 1. The van der Waals surface area contributed by atoms with E-state index < -0.39 is 6.10 Å². The summed E-state index contributed by atoms with van der Waals surface area (Å²) in [4.78, 5) is 4.32. The van der Waals surface area contributed by atoms with Crippen LogP contribution in [0.2, 0.25) is 0 Å². The van der Waals surface area contributed by atoms with Crippen molar-refractivity contribution in [2.24, 2.45) is 0 Å². The van der Waals surface area contributed by atoms with Gasteiger partial charge >= 0.3 is 0 Å². The number of anilines is 2. The third-order valence-corrected chi connectivity index (χ3v) is 2.62. The molecule has 2 rings (SSSR count). The van der Waals surface area contributed by atoms with E-state index in [-0.39, 0.29) is 0 Å². The molecule has 1 unspecified atom stereocenters. The lowest BCUT2D eigenvalue weighted by Crippen LogP contribution is -1.99. The molecule has 0 aliphatic rings. The number of nitrogens with one attached hydrogen (secondary N) is 1. The van der Waals surface area contributed by atoms with Gasteiger partial charge in [0.25, 0.3) is 0 Å². The molecule has 0 spiro atoms. The Hall–Kier alpha value is -1.87. The number of aliphatic hydroxyl groups excluding tert-OH is 1. The molecule has 1 atom stereocenters. The first kappa shape index (κ1) is 11.6. The summed E-state index contributed by atoms with van der Waals surface area (Å²) >= 11 is 0. The predicted molar refractivity (Wildman–Crippen MR) is 69.3 cm³/mol. The van der Waals surface area contributed by atoms with Gasteiger partial charge in [-0.1, -0.05) is 18.2 Å². The zero-order valence-corrected chi connectivity index (χ0v) is 10.0. The van der Waals surface area contributed by atoms with E-state index in [1.165, 1.54) is 0 Å². The number of aromatic nitrogens is 1. The van der Waals surface area contributed by atoms with Crippen molar-refractivity contribution in [3.63, 3.8) is 0 Å². The first-order chi connectivity index (χ1) is 8.16. The highest BCUT2D eigenvalue weighted by molar-refractivity contribution is 5.59. The van der Waals surface area contributed by atoms with Gasteiger partial charge in [-0.25, -0.2) is 4.98 Å². The monoisotopic (exact) mass is 228 g/mol. The van der Waals surface area contributed by atoms with Crippen LogP contribution >= 0.6 is 0 Å². The quantitative estimate of drug-likeness (QED) is 0.848. The molecular formula is C14H16N2O. The maximum Gasteiger partial charge on any atom is 0.133 e. The molecule has 2 N–H and O–H groups in total. The summed E-state index contributed by atoms with van der Waals surface area (Å²) in [5, 5.41) is 12.7. The van der Waals surface area contributed by atoms with E-state index in [4.69, 9.17) is 0 Å². The fourth-order valence-corrected chi connectivity index (χ4v) is 1.61. The van der Waals surface area contributed by atoms with Gasteiger partial charge in [-0.3, -0.25) is 0 Å². The maximum atomic E-state index is 9.47. The zero-order chi connectivity index (χ0) is 12.3. The van der Waals surface area contributed by atoms with Crippen LogP contribution in [0.3, 0.4) is 0 Å². The summed E-state index contributed by atoms with van der Waals surface area (Å²) in [6.07, 6.45) is 1.22. The fourth-order valence-electron chi connectivity index (χ4n) is 1.61. The van der Waals surface area contributed by atoms with Crippen LogP contribution in [-0.4, -0.2) is 10.1 Å². The van der Waals surface area contributed by atoms with Crippen LogP contribution < -0.4 is 5.32 Å². The molecule has 0 fully saturated rings. The van der Waals surface area contributed by atoms with Crippen molar-refractivity contribution in [1.82, 2.24) is 4.98 Å². The lowest BCUT2D eigenvalue weighted by molar-refractivity contribution is 0.199. The number of rotatable bonds is 3. The molecule has 2 aromatic rings. The Bertz CT molecular complexity index is 495. The average Bonchev–Trinajstić information content (AvgIpc) is 2.33. The van der Waals surface area contributed by atoms with Gasteiger partial charge in [0.1, 0.15) is 5.82 Å². The standard InChI is InChI=1S/C14H16N2O/c1-10-8-12(11(2)17)9-15-14(10)16-13-6-4-3-5-7-13/h3-9,11,17H,1-2H3,(H,15,16). The van der Waals surface area contributed by atoms with Crippen LogP contribution in [0, 0.1) is 6.92 Å². The molecule has 1 aromatic heterocycles. The molecule has 0 amide bonds. The second-order valence-electron chi connectivity index (χ2n) is 4.10. The van der Waals surface area contributed by atoms with E-state index >= 15 is 0 Å². The topological polar surface area (TPSA) is 45.2 Å². The second kappa shape index (κ2) is 4.97. The Kier molecular flexibility index (Phi) is 3.40. The van der Waals surface area contributed by atoms with E-state index in [0.717, 1.165) is 22.6 Å². The van der Waals surface area contributed by atoms with Gasteiger partial charge in [0.2, 0.25) is 0 Å². The van der Waals surface area contributed by atoms with Gasteiger partial charge in [-0.2, -0.15) is 0 Å². The minimum Gasteiger partial charge on any atom is -0.389 e. The zero-order valence-electron chi connectivity index (χ0n) is 10.0. The third kappa shape index (κ3) is 2.82. The van der Waals surface area contributed by atoms with Gasteiger partial charge in [0.05, 0.1) is 6.10 Å². The molecule has 0 saturated carbocycles. The van der Waals surface area contributed by atoms with E-state index in [0.29, 0.717) is 0 Å². The first-order valence-corrected chi connectivity index (χ1v) is 5.63. The number of aryl methyl sites for hydroxylation is 1. The summed E-state index contributed by atoms with van der Waals surface area (Å²) in [7, 11) is 0. The van der Waals surface area contributed by atoms with E-state index in [9.17, 15) is 5.11 Å². The Morgan fingerprint density at radius 1 is 1.24 bits per heavy atom. The fraction of sp³-hybridized carbons (Fsp3) is 0.214. The van der Waals surface area contributed by atoms with Crippen LogP contribution in [0.4, 0.5) is 11.5 Å². The van der Waals surface area contributed by atoms with E-state index in [1.54, 1.807) is 13.1 Å². The number of hydrogen-bond acceptors (Lipinski definition) is 3. The van der Waals surface area contributed by atoms with Crippen LogP contribution in [0.5, 0.6) is 0 Å². The van der Waals surface area contributed by atoms with Crippen molar-refractivity contribution in [1.29, 1.82) is 0 Å². The molecule has 1 aromatic carbocycles. The summed E-state index contributed by atoms with van der Waals surface area (Å²) in [5.74, 6) is 0.820. The second-order valence-corrected chi connectivity index (χ2v) is 4.10. The molecule has 88 valence electrons. The largest absolute Gasteiger partial charge is 0.389 e. The lowest BCUT2D eigenvalue weighted by atomic mass is 10.1. The lowest BCUT2D eigenvalue weighted by Gasteiger charge is -2.11. The van der Waals surface area contributed by atoms with Crippen molar-refractivity contribution >= 4 is 11.5 Å². The van der Waals surface area contributed by atoms with Crippen molar-refractivity contribution in [3.8, 4) is 0 Å². The molecular weight excluding hydrogens is 212 g/mol. The number of aliphatic hydroxyl groups is 1. The van der Waals surface area contributed by atoms with Crippen molar-refractivity contribution in [2.45, 2.75) is 20.0 Å². The predicted octanol–water partition coefficient (Wildman–Crippen LogP) is 3.19. The maximum absolute atomic E-state index is 9.47. The number of para-hydroxylation sites is 1. The molecule has 1 heterocycles. The molecule has 0 radical (unpaired) electrons. The Labute approximate surface area is 101 Å². The molecule has 0 saturated heterocycles. The van der Waals surface area contributed by atoms with Gasteiger partial charge in [-0.15, -0.1) is 0 Å². The Balaban J connectivity index is 2.23. The van der Waals surface area contributed by atoms with Crippen LogP contribution in [-0.2, 0) is 0 Å². The number of nitrogens with zero attached hydrogens (tertiary/aromatic N) is 1. The Morgan fingerprint density at radius 3 is 2.53 bits per heavy atom. The van der Waals surface area contributed by atoms with Crippen molar-refractivity contribution in [2.75, 3.05) is 5.32 Å². The smallest absolute Gasteiger partial charge is 0.133 e. The van der Waals surface area contributed by atoms with Crippen LogP contribution in [0.15, 0.2) is 42.6 Å². The molecule has 3 nitrogen and oxygen atoms in total. The van der Waals surface area contributed by atoms with Gasteiger partial charge < -0.3 is 10.4 Å². The highest BCUT2D eigenvalue weighted by Gasteiger charge is 2.05. The molecule has 0 aliphatic carbocycles. The minimum atomic E-state index is -0.480. The average molecular weight is 228 g/mol. The molecule has 17 heavy (non-hydrogen) atoms.